The predicted molar refractivity (Wildman–Crippen MR) is 122 cm³/mol. The average Bonchev–Trinajstić information content (AvgIpc) is 3.10. The number of hydrogen-bond donors (Lipinski definition) is 1. The monoisotopic (exact) mass is 485 g/mol. The molecular formula is C25H18ClF2NO5. The molecule has 1 heterocycles. The molecule has 1 amide bonds. The number of nitrogens with zero attached hydrogens (tertiary/aromatic N) is 1. The Morgan fingerprint density at radius 3 is 2.03 bits per heavy atom. The molecule has 6 nitrogen and oxygen atoms in total. The average molecular weight is 486 g/mol. The summed E-state index contributed by atoms with van der Waals surface area (Å²) in [5.74, 6) is -3.17. The van der Waals surface area contributed by atoms with Gasteiger partial charge in [-0.25, -0.2) is 8.78 Å². The fourth-order valence-corrected chi connectivity index (χ4v) is 4.08. The van der Waals surface area contributed by atoms with Crippen molar-refractivity contribution in [2.75, 3.05) is 19.1 Å². The van der Waals surface area contributed by atoms with Gasteiger partial charge in [-0.2, -0.15) is 0 Å². The van der Waals surface area contributed by atoms with Gasteiger partial charge in [-0.05, 0) is 48.0 Å². The molecule has 1 fully saturated rings. The number of ether oxygens (including phenoxy) is 2. The zero-order valence-electron chi connectivity index (χ0n) is 18.0. The molecule has 4 rings (SSSR count). The number of hydrogen-bond acceptors (Lipinski definition) is 5. The van der Waals surface area contributed by atoms with Crippen molar-refractivity contribution in [3.8, 4) is 11.5 Å². The molecule has 0 spiro atoms. The lowest BCUT2D eigenvalue weighted by Gasteiger charge is -2.25. The van der Waals surface area contributed by atoms with E-state index in [1.807, 2.05) is 0 Å². The quantitative estimate of drug-likeness (QED) is 0.303. The van der Waals surface area contributed by atoms with Crippen molar-refractivity contribution in [2.45, 2.75) is 6.04 Å². The summed E-state index contributed by atoms with van der Waals surface area (Å²) in [6.45, 7) is 0. The van der Waals surface area contributed by atoms with Gasteiger partial charge < -0.3 is 14.6 Å². The standard InChI is InChI=1S/C25H18ClF2NO5/c1-33-19-12-18(26)20(34-2)11-17(19)23(30)21-22(13-3-5-14(27)6-4-13)29(25(32)24(21)31)16-9-7-15(28)8-10-16/h3-12,22,30H,1-2H3/b23-21+. The number of carbonyl (C=O) groups is 2. The van der Waals surface area contributed by atoms with Crippen molar-refractivity contribution in [1.29, 1.82) is 0 Å². The van der Waals surface area contributed by atoms with Gasteiger partial charge in [0.2, 0.25) is 0 Å². The van der Waals surface area contributed by atoms with E-state index in [4.69, 9.17) is 21.1 Å². The summed E-state index contributed by atoms with van der Waals surface area (Å²) in [6.07, 6.45) is 0. The van der Waals surface area contributed by atoms with Gasteiger partial charge in [0, 0.05) is 11.8 Å². The summed E-state index contributed by atoms with van der Waals surface area (Å²) in [5, 5.41) is 11.5. The molecular weight excluding hydrogens is 468 g/mol. The predicted octanol–water partition coefficient (Wildman–Crippen LogP) is 5.26. The first-order valence-electron chi connectivity index (χ1n) is 10.0. The zero-order chi connectivity index (χ0) is 24.6. The third-order valence-electron chi connectivity index (χ3n) is 5.46. The largest absolute Gasteiger partial charge is 0.507 e. The lowest BCUT2D eigenvalue weighted by Crippen LogP contribution is -2.29. The molecule has 1 saturated heterocycles. The summed E-state index contributed by atoms with van der Waals surface area (Å²) < 4.78 is 37.7. The third kappa shape index (κ3) is 3.97. The van der Waals surface area contributed by atoms with E-state index in [2.05, 4.69) is 0 Å². The van der Waals surface area contributed by atoms with Gasteiger partial charge in [-0.1, -0.05) is 23.7 Å². The first-order chi connectivity index (χ1) is 16.3. The van der Waals surface area contributed by atoms with Crippen molar-refractivity contribution in [2.24, 2.45) is 0 Å². The Hall–Kier alpha value is -3.91. The molecule has 0 radical (unpaired) electrons. The van der Waals surface area contributed by atoms with Crippen molar-refractivity contribution >= 4 is 34.7 Å². The molecule has 1 aliphatic heterocycles. The highest BCUT2D eigenvalue weighted by molar-refractivity contribution is 6.51. The second-order valence-corrected chi connectivity index (χ2v) is 7.79. The smallest absolute Gasteiger partial charge is 0.300 e. The number of methoxy groups -OCH3 is 2. The van der Waals surface area contributed by atoms with Gasteiger partial charge in [-0.3, -0.25) is 14.5 Å². The molecule has 34 heavy (non-hydrogen) atoms. The van der Waals surface area contributed by atoms with Crippen molar-refractivity contribution in [3.63, 3.8) is 0 Å². The summed E-state index contributed by atoms with van der Waals surface area (Å²) in [5.41, 5.74) is 0.375. The maximum atomic E-state index is 13.6. The summed E-state index contributed by atoms with van der Waals surface area (Å²) in [7, 11) is 2.73. The highest BCUT2D eigenvalue weighted by atomic mass is 35.5. The normalized spacial score (nSPS) is 17.2. The number of halogens is 3. The second kappa shape index (κ2) is 9.15. The first-order valence-corrected chi connectivity index (χ1v) is 10.4. The number of ketones is 1. The number of aliphatic hydroxyl groups excluding tert-OH is 1. The highest BCUT2D eigenvalue weighted by Gasteiger charge is 2.47. The van der Waals surface area contributed by atoms with Crippen LogP contribution in [0.2, 0.25) is 5.02 Å². The van der Waals surface area contributed by atoms with E-state index in [0.29, 0.717) is 5.56 Å². The fraction of sp³-hybridized carbons (Fsp3) is 0.120. The minimum absolute atomic E-state index is 0.0629. The van der Waals surface area contributed by atoms with Crippen LogP contribution in [0.3, 0.4) is 0 Å². The molecule has 9 heteroatoms. The molecule has 0 saturated carbocycles. The minimum Gasteiger partial charge on any atom is -0.507 e. The Morgan fingerprint density at radius 2 is 1.47 bits per heavy atom. The van der Waals surface area contributed by atoms with Crippen LogP contribution in [0.15, 0.2) is 66.2 Å². The molecule has 1 aliphatic rings. The van der Waals surface area contributed by atoms with E-state index in [9.17, 15) is 23.5 Å². The van der Waals surface area contributed by atoms with Gasteiger partial charge in [0.1, 0.15) is 28.9 Å². The molecule has 3 aromatic carbocycles. The number of amides is 1. The van der Waals surface area contributed by atoms with Gasteiger partial charge in [-0.15, -0.1) is 0 Å². The summed E-state index contributed by atoms with van der Waals surface area (Å²) >= 11 is 6.15. The zero-order valence-corrected chi connectivity index (χ0v) is 18.8. The summed E-state index contributed by atoms with van der Waals surface area (Å²) in [4.78, 5) is 27.4. The maximum absolute atomic E-state index is 13.6. The third-order valence-corrected chi connectivity index (χ3v) is 5.76. The van der Waals surface area contributed by atoms with Crippen LogP contribution in [0.4, 0.5) is 14.5 Å². The van der Waals surface area contributed by atoms with E-state index in [1.165, 1.54) is 62.8 Å². The van der Waals surface area contributed by atoms with E-state index in [1.54, 1.807) is 0 Å². The van der Waals surface area contributed by atoms with Crippen LogP contribution in [0.1, 0.15) is 17.2 Å². The van der Waals surface area contributed by atoms with Crippen molar-refractivity contribution < 1.29 is 33.0 Å². The number of anilines is 1. The van der Waals surface area contributed by atoms with Crippen LogP contribution in [0.25, 0.3) is 5.76 Å². The van der Waals surface area contributed by atoms with Crippen LogP contribution < -0.4 is 14.4 Å². The number of rotatable bonds is 5. The van der Waals surface area contributed by atoms with Crippen molar-refractivity contribution in [3.05, 3.63) is 94.0 Å². The van der Waals surface area contributed by atoms with Crippen molar-refractivity contribution in [1.82, 2.24) is 0 Å². The first kappa shape index (κ1) is 23.3. The lowest BCUT2D eigenvalue weighted by molar-refractivity contribution is -0.132. The molecule has 0 aliphatic carbocycles. The number of carbonyl (C=O) groups excluding carboxylic acids is 2. The van der Waals surface area contributed by atoms with Gasteiger partial charge in [0.25, 0.3) is 11.7 Å². The van der Waals surface area contributed by atoms with Gasteiger partial charge in [0.05, 0.1) is 36.4 Å². The van der Waals surface area contributed by atoms with Crippen LogP contribution in [0.5, 0.6) is 11.5 Å². The Balaban J connectivity index is 1.99. The van der Waals surface area contributed by atoms with E-state index >= 15 is 0 Å². The Kier molecular flexibility index (Phi) is 6.26. The van der Waals surface area contributed by atoms with Gasteiger partial charge >= 0.3 is 0 Å². The Bertz CT molecular complexity index is 1310. The lowest BCUT2D eigenvalue weighted by atomic mass is 9.94. The van der Waals surface area contributed by atoms with Crippen LogP contribution in [-0.4, -0.2) is 31.0 Å². The van der Waals surface area contributed by atoms with Crippen LogP contribution >= 0.6 is 11.6 Å². The highest BCUT2D eigenvalue weighted by Crippen LogP contribution is 2.44. The molecule has 0 aromatic heterocycles. The van der Waals surface area contributed by atoms with E-state index in [-0.39, 0.29) is 33.3 Å². The van der Waals surface area contributed by atoms with Gasteiger partial charge in [0.15, 0.2) is 0 Å². The minimum atomic E-state index is -1.13. The molecule has 3 aromatic rings. The maximum Gasteiger partial charge on any atom is 0.300 e. The molecule has 1 atom stereocenters. The summed E-state index contributed by atoms with van der Waals surface area (Å²) in [6, 6.07) is 11.8. The Labute approximate surface area is 198 Å². The SMILES string of the molecule is COc1cc(/C(O)=C2\C(=O)C(=O)N(c3ccc(F)cc3)C2c2ccc(F)cc2)c(OC)cc1Cl. The Morgan fingerprint density at radius 1 is 0.912 bits per heavy atom. The van der Waals surface area contributed by atoms with Crippen LogP contribution in [-0.2, 0) is 9.59 Å². The fourth-order valence-electron chi connectivity index (χ4n) is 3.85. The van der Waals surface area contributed by atoms with E-state index in [0.717, 1.165) is 17.0 Å². The second-order valence-electron chi connectivity index (χ2n) is 7.38. The molecule has 1 unspecified atom stereocenters. The number of benzene rings is 3. The number of Topliss-reactive ketones (excluding diaryl/α,β-unsaturated/α-hetero) is 1. The molecule has 1 N–H and O–H groups in total. The number of aliphatic hydroxyl groups is 1. The van der Waals surface area contributed by atoms with E-state index < -0.39 is 35.1 Å². The van der Waals surface area contributed by atoms with Crippen LogP contribution in [0, 0.1) is 11.6 Å². The molecule has 174 valence electrons. The topological polar surface area (TPSA) is 76.1 Å². The molecule has 0 bridgehead atoms.